The minimum absolute atomic E-state index is 0.0102. The van der Waals surface area contributed by atoms with Gasteiger partial charge in [-0.15, -0.1) is 0 Å². The molecule has 2 saturated heterocycles. The summed E-state index contributed by atoms with van der Waals surface area (Å²) < 4.78 is 33.6. The van der Waals surface area contributed by atoms with Gasteiger partial charge in [-0.25, -0.2) is 8.42 Å². The van der Waals surface area contributed by atoms with Crippen LogP contribution in [0.5, 0.6) is 0 Å². The summed E-state index contributed by atoms with van der Waals surface area (Å²) in [6, 6.07) is 6.44. The second kappa shape index (κ2) is 7.53. The van der Waals surface area contributed by atoms with Crippen molar-refractivity contribution < 1.29 is 17.9 Å². The highest BCUT2D eigenvalue weighted by molar-refractivity contribution is 7.89. The number of hydrogen-bond donors (Lipinski definition) is 0. The number of hydrogen-bond acceptors (Lipinski definition) is 4. The molecule has 3 rings (SSSR count). The van der Waals surface area contributed by atoms with Gasteiger partial charge in [0.25, 0.3) is 5.91 Å². The van der Waals surface area contributed by atoms with Crippen LogP contribution in [0.25, 0.3) is 0 Å². The predicted molar refractivity (Wildman–Crippen MR) is 104 cm³/mol. The van der Waals surface area contributed by atoms with E-state index in [9.17, 15) is 13.2 Å². The molecule has 2 aliphatic rings. The number of piperidine rings is 1. The molecule has 0 aromatic heterocycles. The maximum Gasteiger partial charge on any atom is 0.254 e. The van der Waals surface area contributed by atoms with Crippen LogP contribution in [0.3, 0.4) is 0 Å². The zero-order valence-electron chi connectivity index (χ0n) is 16.6. The zero-order chi connectivity index (χ0) is 19.8. The first kappa shape index (κ1) is 20.3. The molecule has 1 aromatic carbocycles. The van der Waals surface area contributed by atoms with E-state index in [4.69, 9.17) is 4.74 Å². The third-order valence-electron chi connectivity index (χ3n) is 5.29. The lowest BCUT2D eigenvalue weighted by Gasteiger charge is -2.41. The Morgan fingerprint density at radius 1 is 1.22 bits per heavy atom. The lowest BCUT2D eigenvalue weighted by atomic mass is 10.0. The molecular formula is C20H30N2O4S. The molecule has 0 bridgehead atoms. The Bertz CT molecular complexity index is 806. The molecule has 1 aromatic rings. The molecule has 2 atom stereocenters. The van der Waals surface area contributed by atoms with Gasteiger partial charge in [0.1, 0.15) is 0 Å². The fraction of sp³-hybridized carbons (Fsp3) is 0.650. The molecule has 6 nitrogen and oxygen atoms in total. The summed E-state index contributed by atoms with van der Waals surface area (Å²) in [7, 11) is -3.59. The third kappa shape index (κ3) is 4.36. The SMILES string of the molecule is CC1CN(C(=O)c2cccc(S(=O)(=O)N3CCCCC3C)c2)CC(C)(C)O1. The summed E-state index contributed by atoms with van der Waals surface area (Å²) in [5, 5.41) is 0. The number of carbonyl (C=O) groups excluding carboxylic acids is 1. The smallest absolute Gasteiger partial charge is 0.254 e. The van der Waals surface area contributed by atoms with E-state index in [-0.39, 0.29) is 22.9 Å². The van der Waals surface area contributed by atoms with E-state index in [2.05, 4.69) is 0 Å². The monoisotopic (exact) mass is 394 g/mol. The van der Waals surface area contributed by atoms with Crippen LogP contribution in [-0.4, -0.2) is 60.9 Å². The fourth-order valence-corrected chi connectivity index (χ4v) is 5.89. The van der Waals surface area contributed by atoms with E-state index in [1.54, 1.807) is 27.4 Å². The van der Waals surface area contributed by atoms with Gasteiger partial charge in [-0.3, -0.25) is 4.79 Å². The van der Waals surface area contributed by atoms with Gasteiger partial charge in [0, 0.05) is 31.2 Å². The second-order valence-corrected chi connectivity index (χ2v) is 10.3. The Kier molecular flexibility index (Phi) is 5.66. The molecule has 27 heavy (non-hydrogen) atoms. The highest BCUT2D eigenvalue weighted by Crippen LogP contribution is 2.27. The Hall–Kier alpha value is -1.44. The molecular weight excluding hydrogens is 364 g/mol. The topological polar surface area (TPSA) is 66.9 Å². The normalized spacial score (nSPS) is 26.7. The van der Waals surface area contributed by atoms with Gasteiger partial charge in [0.05, 0.1) is 16.6 Å². The first-order valence-corrected chi connectivity index (χ1v) is 11.1. The molecule has 0 radical (unpaired) electrons. The van der Waals surface area contributed by atoms with Gasteiger partial charge in [-0.1, -0.05) is 12.5 Å². The van der Waals surface area contributed by atoms with Crippen LogP contribution in [-0.2, 0) is 14.8 Å². The number of sulfonamides is 1. The maximum atomic E-state index is 13.1. The molecule has 2 fully saturated rings. The van der Waals surface area contributed by atoms with Crippen LogP contribution >= 0.6 is 0 Å². The van der Waals surface area contributed by atoms with Gasteiger partial charge in [-0.05, 0) is 58.7 Å². The first-order chi connectivity index (χ1) is 12.6. The van der Waals surface area contributed by atoms with E-state index in [1.165, 1.54) is 6.07 Å². The summed E-state index contributed by atoms with van der Waals surface area (Å²) >= 11 is 0. The predicted octanol–water partition coefficient (Wildman–Crippen LogP) is 2.89. The zero-order valence-corrected chi connectivity index (χ0v) is 17.5. The second-order valence-electron chi connectivity index (χ2n) is 8.36. The summed E-state index contributed by atoms with van der Waals surface area (Å²) in [4.78, 5) is 15.0. The van der Waals surface area contributed by atoms with E-state index in [0.29, 0.717) is 25.2 Å². The van der Waals surface area contributed by atoms with Crippen LogP contribution in [0.1, 0.15) is 57.3 Å². The van der Waals surface area contributed by atoms with Gasteiger partial charge >= 0.3 is 0 Å². The number of nitrogens with zero attached hydrogens (tertiary/aromatic N) is 2. The number of ether oxygens (including phenoxy) is 1. The molecule has 0 N–H and O–H groups in total. The Balaban J connectivity index is 1.86. The van der Waals surface area contributed by atoms with E-state index < -0.39 is 15.6 Å². The van der Waals surface area contributed by atoms with Crippen molar-refractivity contribution in [3.63, 3.8) is 0 Å². The van der Waals surface area contributed by atoms with Crippen LogP contribution < -0.4 is 0 Å². The molecule has 150 valence electrons. The van der Waals surface area contributed by atoms with Gasteiger partial charge < -0.3 is 9.64 Å². The highest BCUT2D eigenvalue weighted by Gasteiger charge is 2.35. The molecule has 0 saturated carbocycles. The number of carbonyl (C=O) groups is 1. The molecule has 1 amide bonds. The average molecular weight is 395 g/mol. The number of morpholine rings is 1. The van der Waals surface area contributed by atoms with Crippen LogP contribution in [0.15, 0.2) is 29.2 Å². The lowest BCUT2D eigenvalue weighted by Crippen LogP contribution is -2.53. The minimum atomic E-state index is -3.59. The molecule has 2 aliphatic heterocycles. The van der Waals surface area contributed by atoms with Crippen molar-refractivity contribution in [1.82, 2.24) is 9.21 Å². The fourth-order valence-electron chi connectivity index (χ4n) is 4.14. The van der Waals surface area contributed by atoms with Gasteiger partial charge in [-0.2, -0.15) is 4.31 Å². The molecule has 0 aliphatic carbocycles. The van der Waals surface area contributed by atoms with Crippen molar-refractivity contribution in [3.05, 3.63) is 29.8 Å². The van der Waals surface area contributed by atoms with Crippen LogP contribution in [0.2, 0.25) is 0 Å². The minimum Gasteiger partial charge on any atom is -0.369 e. The van der Waals surface area contributed by atoms with E-state index in [1.807, 2.05) is 27.7 Å². The summed E-state index contributed by atoms with van der Waals surface area (Å²) in [5.41, 5.74) is -0.00842. The summed E-state index contributed by atoms with van der Waals surface area (Å²) in [6.45, 7) is 9.33. The van der Waals surface area contributed by atoms with Crippen LogP contribution in [0.4, 0.5) is 0 Å². The third-order valence-corrected chi connectivity index (χ3v) is 7.30. The molecule has 0 spiro atoms. The Labute approximate surface area is 162 Å². The standard InChI is InChI=1S/C20H30N2O4S/c1-15-8-5-6-11-22(15)27(24,25)18-10-7-9-17(12-18)19(23)21-13-16(2)26-20(3,4)14-21/h7,9-10,12,15-16H,5-6,8,11,13-14H2,1-4H3. The Morgan fingerprint density at radius 2 is 1.96 bits per heavy atom. The maximum absolute atomic E-state index is 13.1. The first-order valence-electron chi connectivity index (χ1n) is 9.69. The summed E-state index contributed by atoms with van der Waals surface area (Å²) in [6.07, 6.45) is 2.75. The highest BCUT2D eigenvalue weighted by atomic mass is 32.2. The van der Waals surface area contributed by atoms with E-state index in [0.717, 1.165) is 19.3 Å². The van der Waals surface area contributed by atoms with Crippen molar-refractivity contribution in [2.24, 2.45) is 0 Å². The van der Waals surface area contributed by atoms with Crippen LogP contribution in [0, 0.1) is 0 Å². The van der Waals surface area contributed by atoms with Gasteiger partial charge in [0.15, 0.2) is 0 Å². The summed E-state index contributed by atoms with van der Waals surface area (Å²) in [5.74, 6) is -0.151. The quantitative estimate of drug-likeness (QED) is 0.791. The Morgan fingerprint density at radius 3 is 2.63 bits per heavy atom. The number of rotatable bonds is 3. The molecule has 7 heteroatoms. The number of benzene rings is 1. The van der Waals surface area contributed by atoms with Crippen molar-refractivity contribution in [2.45, 2.75) is 69.6 Å². The average Bonchev–Trinajstić information content (AvgIpc) is 2.59. The van der Waals surface area contributed by atoms with Crippen molar-refractivity contribution in [1.29, 1.82) is 0 Å². The van der Waals surface area contributed by atoms with Crippen molar-refractivity contribution in [3.8, 4) is 0 Å². The van der Waals surface area contributed by atoms with Gasteiger partial charge in [0.2, 0.25) is 10.0 Å². The molecule has 2 heterocycles. The van der Waals surface area contributed by atoms with Crippen molar-refractivity contribution >= 4 is 15.9 Å². The van der Waals surface area contributed by atoms with E-state index >= 15 is 0 Å². The van der Waals surface area contributed by atoms with Crippen molar-refractivity contribution in [2.75, 3.05) is 19.6 Å². The molecule has 2 unspecified atom stereocenters. The number of amides is 1. The lowest BCUT2D eigenvalue weighted by molar-refractivity contribution is -0.118. The largest absolute Gasteiger partial charge is 0.369 e.